The second kappa shape index (κ2) is 14.7. The average Bonchev–Trinajstić information content (AvgIpc) is 3.02. The van der Waals surface area contributed by atoms with E-state index in [0.717, 1.165) is 30.9 Å². The summed E-state index contributed by atoms with van der Waals surface area (Å²) in [5.41, 5.74) is 9.24. The van der Waals surface area contributed by atoms with Crippen LogP contribution in [0.3, 0.4) is 0 Å². The number of rotatable bonds is 10. The van der Waals surface area contributed by atoms with Crippen molar-refractivity contribution in [2.24, 2.45) is 17.3 Å². The Bertz CT molecular complexity index is 1340. The maximum Gasteiger partial charge on any atom is 0.159 e. The predicted molar refractivity (Wildman–Crippen MR) is 179 cm³/mol. The number of carbonyl (C=O) groups is 1. The third kappa shape index (κ3) is 7.95. The van der Waals surface area contributed by atoms with Gasteiger partial charge in [-0.05, 0) is 121 Å². The minimum Gasteiger partial charge on any atom is -0.302 e. The average molecular weight is 563 g/mol. The first-order chi connectivity index (χ1) is 20.3. The smallest absolute Gasteiger partial charge is 0.159 e. The molecule has 42 heavy (non-hydrogen) atoms. The summed E-state index contributed by atoms with van der Waals surface area (Å²) in [6, 6.07) is 21.6. The van der Waals surface area contributed by atoms with Crippen molar-refractivity contribution < 1.29 is 4.79 Å². The van der Waals surface area contributed by atoms with Crippen molar-refractivity contribution in [3.63, 3.8) is 0 Å². The van der Waals surface area contributed by atoms with Gasteiger partial charge in [-0.15, -0.1) is 6.58 Å². The van der Waals surface area contributed by atoms with Crippen molar-refractivity contribution in [2.75, 3.05) is 19.6 Å². The Morgan fingerprint density at radius 1 is 0.976 bits per heavy atom. The molecule has 1 saturated heterocycles. The summed E-state index contributed by atoms with van der Waals surface area (Å²) in [5.74, 6) is 1.39. The van der Waals surface area contributed by atoms with Gasteiger partial charge >= 0.3 is 0 Å². The van der Waals surface area contributed by atoms with Gasteiger partial charge in [0.05, 0.1) is 0 Å². The molecule has 1 atom stereocenters. The Labute approximate surface area is 254 Å². The van der Waals surface area contributed by atoms with E-state index in [-0.39, 0.29) is 11.2 Å². The highest BCUT2D eigenvalue weighted by Gasteiger charge is 2.30. The molecule has 3 nitrogen and oxygen atoms in total. The minimum absolute atomic E-state index is 0.113. The highest BCUT2D eigenvalue weighted by Crippen LogP contribution is 2.44. The summed E-state index contributed by atoms with van der Waals surface area (Å²) in [4.78, 5) is 18.8. The molecule has 1 fully saturated rings. The Kier molecular flexibility index (Phi) is 11.1. The fourth-order valence-electron chi connectivity index (χ4n) is 6.70. The Morgan fingerprint density at radius 3 is 2.29 bits per heavy atom. The summed E-state index contributed by atoms with van der Waals surface area (Å²) >= 11 is 0. The van der Waals surface area contributed by atoms with E-state index in [1.54, 1.807) is 6.92 Å². The number of carbonyl (C=O) groups excluding carboxylic acids is 1. The van der Waals surface area contributed by atoms with Crippen molar-refractivity contribution in [1.82, 2.24) is 9.88 Å². The Balaban J connectivity index is 0.00000198. The lowest BCUT2D eigenvalue weighted by atomic mass is 9.72. The van der Waals surface area contributed by atoms with Gasteiger partial charge in [-0.2, -0.15) is 0 Å². The molecule has 0 amide bonds. The van der Waals surface area contributed by atoms with E-state index in [4.69, 9.17) is 0 Å². The summed E-state index contributed by atoms with van der Waals surface area (Å²) < 4.78 is 0. The number of benzene rings is 2. The molecule has 2 heterocycles. The minimum atomic E-state index is 0.113. The first-order valence-corrected chi connectivity index (χ1v) is 16.0. The van der Waals surface area contributed by atoms with Crippen LogP contribution in [-0.2, 0) is 12.8 Å². The van der Waals surface area contributed by atoms with Gasteiger partial charge in [-0.1, -0.05) is 82.3 Å². The Morgan fingerprint density at radius 2 is 1.64 bits per heavy atom. The second-order valence-corrected chi connectivity index (χ2v) is 12.6. The molecule has 5 rings (SSSR count). The van der Waals surface area contributed by atoms with E-state index in [9.17, 15) is 4.79 Å². The standard InChI is InChI=1S/C37H44N2O.C2H6/c1-5-37(3,4)26-39-22-18-28(19-23-39)10-15-33-25-32-8-6-7-9-34(32)35(36(33)31-16-20-38-21-17-31)24-29-11-13-30(14-12-29)27(2)40;1-2/h5-9,11-14,16-17,20-21,28,33H,1,10,15,18-19,22-26H2,2-4H3;1-2H3. The van der Waals surface area contributed by atoms with E-state index < -0.39 is 0 Å². The van der Waals surface area contributed by atoms with Crippen LogP contribution in [0.1, 0.15) is 92.9 Å². The number of aromatic nitrogens is 1. The maximum atomic E-state index is 11.9. The van der Waals surface area contributed by atoms with Crippen LogP contribution in [0.4, 0.5) is 0 Å². The van der Waals surface area contributed by atoms with Crippen LogP contribution in [0.15, 0.2) is 85.7 Å². The molecule has 1 unspecified atom stereocenters. The van der Waals surface area contributed by atoms with Gasteiger partial charge in [-0.25, -0.2) is 0 Å². The van der Waals surface area contributed by atoms with Crippen molar-refractivity contribution >= 4 is 16.9 Å². The number of piperidine rings is 1. The second-order valence-electron chi connectivity index (χ2n) is 12.6. The van der Waals surface area contributed by atoms with Crippen LogP contribution in [0, 0.1) is 17.3 Å². The third-order valence-corrected chi connectivity index (χ3v) is 9.09. The van der Waals surface area contributed by atoms with Crippen molar-refractivity contribution in [3.05, 3.63) is 114 Å². The number of hydrogen-bond acceptors (Lipinski definition) is 3. The van der Waals surface area contributed by atoms with Crippen LogP contribution in [0.5, 0.6) is 0 Å². The van der Waals surface area contributed by atoms with E-state index in [2.05, 4.69) is 84.9 Å². The van der Waals surface area contributed by atoms with Crippen LogP contribution in [0.2, 0.25) is 0 Å². The summed E-state index contributed by atoms with van der Waals surface area (Å²) in [5, 5.41) is 0. The molecule has 3 heteroatoms. The number of hydrogen-bond donors (Lipinski definition) is 0. The summed E-state index contributed by atoms with van der Waals surface area (Å²) in [6.45, 7) is 17.7. The van der Waals surface area contributed by atoms with Crippen molar-refractivity contribution in [2.45, 2.75) is 73.1 Å². The first kappa shape index (κ1) is 31.6. The monoisotopic (exact) mass is 562 g/mol. The molecule has 1 aromatic heterocycles. The van der Waals surface area contributed by atoms with Gasteiger partial charge in [0.25, 0.3) is 0 Å². The molecule has 0 spiro atoms. The van der Waals surface area contributed by atoms with Crippen LogP contribution < -0.4 is 0 Å². The van der Waals surface area contributed by atoms with Crippen molar-refractivity contribution in [3.8, 4) is 0 Å². The predicted octanol–water partition coefficient (Wildman–Crippen LogP) is 9.34. The van der Waals surface area contributed by atoms with Gasteiger partial charge in [0.2, 0.25) is 0 Å². The lowest BCUT2D eigenvalue weighted by molar-refractivity contribution is 0.101. The molecule has 1 aliphatic heterocycles. The van der Waals surface area contributed by atoms with E-state index in [1.165, 1.54) is 72.2 Å². The quantitative estimate of drug-likeness (QED) is 0.182. The zero-order valence-electron chi connectivity index (χ0n) is 26.5. The fraction of sp³-hybridized carbons (Fsp3) is 0.436. The number of pyridine rings is 1. The molecule has 0 saturated carbocycles. The van der Waals surface area contributed by atoms with Gasteiger partial charge in [0, 0.05) is 24.5 Å². The zero-order valence-corrected chi connectivity index (χ0v) is 26.5. The van der Waals surface area contributed by atoms with Crippen LogP contribution >= 0.6 is 0 Å². The normalized spacial score (nSPS) is 17.7. The molecule has 0 radical (unpaired) electrons. The van der Waals surface area contributed by atoms with Gasteiger partial charge in [0.1, 0.15) is 0 Å². The molecule has 0 N–H and O–H groups in total. The summed E-state index contributed by atoms with van der Waals surface area (Å²) in [6.07, 6.45) is 13.0. The number of fused-ring (bicyclic) bond motifs is 1. The molecule has 3 aromatic rings. The number of ketones is 1. The van der Waals surface area contributed by atoms with Crippen molar-refractivity contribution in [1.29, 1.82) is 0 Å². The largest absolute Gasteiger partial charge is 0.302 e. The highest BCUT2D eigenvalue weighted by atomic mass is 16.1. The molecule has 2 aromatic carbocycles. The number of allylic oxidation sites excluding steroid dienone is 2. The van der Waals surface area contributed by atoms with E-state index in [0.29, 0.717) is 5.92 Å². The fourth-order valence-corrected chi connectivity index (χ4v) is 6.70. The molecular weight excluding hydrogens is 512 g/mol. The van der Waals surface area contributed by atoms with Gasteiger partial charge in [-0.3, -0.25) is 9.78 Å². The number of likely N-dealkylation sites (tertiary alicyclic amines) is 1. The van der Waals surface area contributed by atoms with E-state index >= 15 is 0 Å². The molecule has 0 bridgehead atoms. The molecule has 222 valence electrons. The van der Waals surface area contributed by atoms with Gasteiger partial charge < -0.3 is 4.90 Å². The van der Waals surface area contributed by atoms with Crippen LogP contribution in [0.25, 0.3) is 11.1 Å². The Hall–Kier alpha value is -3.30. The molecule has 2 aliphatic rings. The first-order valence-electron chi connectivity index (χ1n) is 16.0. The summed E-state index contributed by atoms with van der Waals surface area (Å²) in [7, 11) is 0. The lowest BCUT2D eigenvalue weighted by Gasteiger charge is -2.37. The SMILES string of the molecule is C=CC(C)(C)CN1CCC(CCC2Cc3ccccc3C(Cc3ccc(C(C)=O)cc3)=C2c2ccncc2)CC1.CC. The molecular formula is C39H50N2O. The number of nitrogens with zero attached hydrogens (tertiary/aromatic N) is 2. The molecule has 1 aliphatic carbocycles. The highest BCUT2D eigenvalue weighted by molar-refractivity contribution is 5.96. The maximum absolute atomic E-state index is 11.9. The topological polar surface area (TPSA) is 33.2 Å². The van der Waals surface area contributed by atoms with E-state index in [1.807, 2.05) is 38.4 Å². The van der Waals surface area contributed by atoms with Gasteiger partial charge in [0.15, 0.2) is 5.78 Å². The number of Topliss-reactive ketones (excluding diaryl/α,β-unsaturated/α-hetero) is 1. The zero-order chi connectivity index (χ0) is 30.1. The third-order valence-electron chi connectivity index (χ3n) is 9.09. The van der Waals surface area contributed by atoms with Crippen LogP contribution in [-0.4, -0.2) is 35.3 Å². The lowest BCUT2D eigenvalue weighted by Crippen LogP contribution is -2.39.